The Morgan fingerprint density at radius 1 is 1.46 bits per heavy atom. The molecule has 0 N–H and O–H groups in total. The van der Waals surface area contributed by atoms with Crippen LogP contribution in [0.15, 0.2) is 11.1 Å². The first-order chi connectivity index (χ1) is 6.26. The van der Waals surface area contributed by atoms with E-state index in [9.17, 15) is 0 Å². The molecule has 0 aromatic carbocycles. The van der Waals surface area contributed by atoms with Crippen LogP contribution in [0.5, 0.6) is 0 Å². The normalized spacial score (nSPS) is 10.4. The predicted molar refractivity (Wildman–Crippen MR) is 57.6 cm³/mol. The van der Waals surface area contributed by atoms with E-state index < -0.39 is 0 Å². The Balaban J connectivity index is 2.76. The third kappa shape index (κ3) is 3.53. The van der Waals surface area contributed by atoms with Gasteiger partial charge in [0.1, 0.15) is 5.82 Å². The first-order valence-corrected chi connectivity index (χ1v) is 5.81. The zero-order valence-electron chi connectivity index (χ0n) is 7.88. The summed E-state index contributed by atoms with van der Waals surface area (Å²) in [5, 5.41) is 1.03. The van der Waals surface area contributed by atoms with Crippen LogP contribution in [0.3, 0.4) is 0 Å². The number of hydrogen-bond acceptors (Lipinski definition) is 3. The lowest BCUT2D eigenvalue weighted by atomic mass is 10.3. The molecule has 0 amide bonds. The Kier molecular flexibility index (Phi) is 4.53. The Hall–Kier alpha value is -0.280. The van der Waals surface area contributed by atoms with Crippen molar-refractivity contribution in [2.75, 3.05) is 11.6 Å². The number of halogens is 1. The van der Waals surface area contributed by atoms with Crippen molar-refractivity contribution in [1.82, 2.24) is 9.97 Å². The van der Waals surface area contributed by atoms with Crippen molar-refractivity contribution in [1.29, 1.82) is 0 Å². The second-order valence-corrected chi connectivity index (χ2v) is 4.13. The molecule has 13 heavy (non-hydrogen) atoms. The van der Waals surface area contributed by atoms with E-state index in [0.29, 0.717) is 5.88 Å². The number of aromatic nitrogens is 2. The summed E-state index contributed by atoms with van der Waals surface area (Å²) in [7, 11) is 0. The number of aryl methyl sites for hydroxylation is 2. The highest BCUT2D eigenvalue weighted by molar-refractivity contribution is 7.99. The monoisotopic (exact) mass is 216 g/mol. The molecular formula is C9H13ClN2S. The average molecular weight is 217 g/mol. The quantitative estimate of drug-likeness (QED) is 0.440. The Labute approximate surface area is 88.1 Å². The maximum Gasteiger partial charge on any atom is 0.126 e. The van der Waals surface area contributed by atoms with Crippen molar-refractivity contribution in [2.24, 2.45) is 0 Å². The van der Waals surface area contributed by atoms with Crippen LogP contribution in [0.1, 0.15) is 18.4 Å². The zero-order chi connectivity index (χ0) is 9.68. The van der Waals surface area contributed by atoms with Crippen LogP contribution in [0.2, 0.25) is 0 Å². The predicted octanol–water partition coefficient (Wildman–Crippen LogP) is 2.68. The summed E-state index contributed by atoms with van der Waals surface area (Å²) >= 11 is 7.28. The van der Waals surface area contributed by atoms with E-state index in [1.54, 1.807) is 11.8 Å². The molecule has 0 saturated heterocycles. The van der Waals surface area contributed by atoms with Crippen LogP contribution in [0, 0.1) is 6.92 Å². The first-order valence-electron chi connectivity index (χ1n) is 4.29. The van der Waals surface area contributed by atoms with Crippen molar-refractivity contribution >= 4 is 23.4 Å². The largest absolute Gasteiger partial charge is 0.238 e. The average Bonchev–Trinajstić information content (AvgIpc) is 2.14. The van der Waals surface area contributed by atoms with Gasteiger partial charge in [0.15, 0.2) is 0 Å². The smallest absolute Gasteiger partial charge is 0.126 e. The molecule has 0 bridgehead atoms. The van der Waals surface area contributed by atoms with E-state index in [1.165, 1.54) is 0 Å². The topological polar surface area (TPSA) is 25.8 Å². The summed E-state index contributed by atoms with van der Waals surface area (Å²) in [6, 6.07) is 2.03. The van der Waals surface area contributed by atoms with Gasteiger partial charge in [-0.3, -0.25) is 0 Å². The molecule has 0 aliphatic carbocycles. The van der Waals surface area contributed by atoms with Gasteiger partial charge in [-0.05, 0) is 19.4 Å². The van der Waals surface area contributed by atoms with Crippen molar-refractivity contribution in [3.8, 4) is 0 Å². The first kappa shape index (κ1) is 10.8. The molecule has 2 nitrogen and oxygen atoms in total. The molecule has 0 unspecified atom stereocenters. The summed E-state index contributed by atoms with van der Waals surface area (Å²) in [6.45, 7) is 4.02. The van der Waals surface area contributed by atoms with E-state index in [1.807, 2.05) is 13.0 Å². The maximum atomic E-state index is 5.60. The van der Waals surface area contributed by atoms with Gasteiger partial charge in [-0.25, -0.2) is 9.97 Å². The van der Waals surface area contributed by atoms with Crippen LogP contribution in [-0.2, 0) is 6.42 Å². The van der Waals surface area contributed by atoms with Crippen LogP contribution >= 0.6 is 23.4 Å². The van der Waals surface area contributed by atoms with Gasteiger partial charge in [-0.2, -0.15) is 0 Å². The minimum absolute atomic E-state index is 0.662. The van der Waals surface area contributed by atoms with Gasteiger partial charge >= 0.3 is 0 Å². The molecule has 0 saturated carbocycles. The molecule has 4 heteroatoms. The Morgan fingerprint density at radius 3 is 2.85 bits per heavy atom. The second-order valence-electron chi connectivity index (χ2n) is 2.64. The number of thioether (sulfide) groups is 1. The molecule has 0 radical (unpaired) electrons. The highest BCUT2D eigenvalue weighted by Crippen LogP contribution is 2.16. The van der Waals surface area contributed by atoms with Gasteiger partial charge in [0, 0.05) is 17.3 Å². The maximum absolute atomic E-state index is 5.60. The summed E-state index contributed by atoms with van der Waals surface area (Å²) in [5.41, 5.74) is 1.10. The fourth-order valence-electron chi connectivity index (χ4n) is 0.998. The van der Waals surface area contributed by atoms with Gasteiger partial charge in [0.05, 0.1) is 5.03 Å². The second kappa shape index (κ2) is 5.45. The molecule has 1 aromatic rings. The lowest BCUT2D eigenvalue weighted by Gasteiger charge is -2.02. The van der Waals surface area contributed by atoms with Gasteiger partial charge in [-0.15, -0.1) is 23.4 Å². The lowest BCUT2D eigenvalue weighted by molar-refractivity contribution is 0.896. The fourth-order valence-corrected chi connectivity index (χ4v) is 1.93. The Bertz CT molecular complexity index is 278. The van der Waals surface area contributed by atoms with Gasteiger partial charge in [0.2, 0.25) is 0 Å². The SMILES string of the molecule is CCc1cc(SCCCl)nc(C)n1. The molecule has 0 spiro atoms. The number of hydrogen-bond donors (Lipinski definition) is 0. The summed E-state index contributed by atoms with van der Waals surface area (Å²) < 4.78 is 0. The zero-order valence-corrected chi connectivity index (χ0v) is 9.45. The summed E-state index contributed by atoms with van der Waals surface area (Å²) in [6.07, 6.45) is 0.956. The molecule has 1 aromatic heterocycles. The third-order valence-electron chi connectivity index (χ3n) is 1.56. The van der Waals surface area contributed by atoms with Crippen molar-refractivity contribution < 1.29 is 0 Å². The van der Waals surface area contributed by atoms with Crippen molar-refractivity contribution in [3.63, 3.8) is 0 Å². The van der Waals surface area contributed by atoms with E-state index in [4.69, 9.17) is 11.6 Å². The van der Waals surface area contributed by atoms with Gasteiger partial charge in [0.25, 0.3) is 0 Å². The lowest BCUT2D eigenvalue weighted by Crippen LogP contribution is -1.96. The van der Waals surface area contributed by atoms with Crippen LogP contribution in [0.25, 0.3) is 0 Å². The summed E-state index contributed by atoms with van der Waals surface area (Å²) in [5.74, 6) is 2.41. The molecule has 1 rings (SSSR count). The molecule has 0 fully saturated rings. The van der Waals surface area contributed by atoms with Crippen LogP contribution in [0.4, 0.5) is 0 Å². The van der Waals surface area contributed by atoms with E-state index in [0.717, 1.165) is 28.7 Å². The number of nitrogens with zero attached hydrogens (tertiary/aromatic N) is 2. The molecule has 0 aliphatic heterocycles. The molecular weight excluding hydrogens is 204 g/mol. The highest BCUT2D eigenvalue weighted by atomic mass is 35.5. The van der Waals surface area contributed by atoms with Gasteiger partial charge in [-0.1, -0.05) is 6.92 Å². The van der Waals surface area contributed by atoms with E-state index in [2.05, 4.69) is 16.9 Å². The molecule has 0 aliphatic rings. The van der Waals surface area contributed by atoms with E-state index in [-0.39, 0.29) is 0 Å². The highest BCUT2D eigenvalue weighted by Gasteiger charge is 2.00. The molecule has 72 valence electrons. The molecule has 1 heterocycles. The van der Waals surface area contributed by atoms with Crippen molar-refractivity contribution in [3.05, 3.63) is 17.6 Å². The third-order valence-corrected chi connectivity index (χ3v) is 2.88. The summed E-state index contributed by atoms with van der Waals surface area (Å²) in [4.78, 5) is 8.62. The number of alkyl halides is 1. The number of rotatable bonds is 4. The van der Waals surface area contributed by atoms with Crippen LogP contribution < -0.4 is 0 Å². The molecule has 0 atom stereocenters. The Morgan fingerprint density at radius 2 is 2.23 bits per heavy atom. The van der Waals surface area contributed by atoms with Crippen molar-refractivity contribution in [2.45, 2.75) is 25.3 Å². The van der Waals surface area contributed by atoms with Crippen LogP contribution in [-0.4, -0.2) is 21.6 Å². The minimum atomic E-state index is 0.662. The fraction of sp³-hybridized carbons (Fsp3) is 0.556. The standard InChI is InChI=1S/C9H13ClN2S/c1-3-8-6-9(13-5-4-10)12-7(2)11-8/h6H,3-5H2,1-2H3. The van der Waals surface area contributed by atoms with Gasteiger partial charge < -0.3 is 0 Å². The van der Waals surface area contributed by atoms with E-state index >= 15 is 0 Å². The minimum Gasteiger partial charge on any atom is -0.238 e.